The molecule has 0 radical (unpaired) electrons. The second-order valence-electron chi connectivity index (χ2n) is 7.91. The standard InChI is InChI=1S/C26H30/c1-17-7-8-19(3)24(11-17)16-26-14-21(5)25(13-22(26)6)15-23-10-9-18(2)20(4)12-23/h7-14H,15-16H2,1-6H3. The Balaban J connectivity index is 1.88. The average molecular weight is 343 g/mol. The van der Waals surface area contributed by atoms with Gasteiger partial charge >= 0.3 is 0 Å². The zero-order valence-electron chi connectivity index (χ0n) is 17.0. The highest BCUT2D eigenvalue weighted by Gasteiger charge is 2.09. The van der Waals surface area contributed by atoms with Crippen molar-refractivity contribution in [2.45, 2.75) is 54.4 Å². The first-order valence-electron chi connectivity index (χ1n) is 9.54. The van der Waals surface area contributed by atoms with E-state index in [1.807, 2.05) is 0 Å². The molecule has 0 saturated heterocycles. The van der Waals surface area contributed by atoms with Gasteiger partial charge in [-0.15, -0.1) is 0 Å². The third-order valence-electron chi connectivity index (χ3n) is 5.65. The van der Waals surface area contributed by atoms with E-state index in [0.29, 0.717) is 0 Å². The van der Waals surface area contributed by atoms with Crippen LogP contribution in [0.3, 0.4) is 0 Å². The zero-order valence-corrected chi connectivity index (χ0v) is 17.0. The summed E-state index contributed by atoms with van der Waals surface area (Å²) in [5, 5.41) is 0. The van der Waals surface area contributed by atoms with E-state index in [1.165, 1.54) is 55.6 Å². The third kappa shape index (κ3) is 4.07. The molecule has 0 amide bonds. The van der Waals surface area contributed by atoms with Crippen molar-refractivity contribution in [3.05, 3.63) is 104 Å². The van der Waals surface area contributed by atoms with Crippen molar-refractivity contribution in [2.24, 2.45) is 0 Å². The van der Waals surface area contributed by atoms with Crippen molar-refractivity contribution in [1.82, 2.24) is 0 Å². The maximum atomic E-state index is 2.40. The molecule has 0 aliphatic carbocycles. The van der Waals surface area contributed by atoms with E-state index < -0.39 is 0 Å². The molecule has 3 rings (SSSR count). The molecule has 3 aromatic carbocycles. The van der Waals surface area contributed by atoms with Crippen LogP contribution in [0.5, 0.6) is 0 Å². The van der Waals surface area contributed by atoms with Crippen LogP contribution in [0.2, 0.25) is 0 Å². The molecule has 26 heavy (non-hydrogen) atoms. The SMILES string of the molecule is Cc1ccc(C)c(Cc2cc(C)c(Cc3ccc(C)c(C)c3)cc2C)c1. The fourth-order valence-electron chi connectivity index (χ4n) is 3.65. The highest BCUT2D eigenvalue weighted by Crippen LogP contribution is 2.24. The van der Waals surface area contributed by atoms with Crippen LogP contribution in [-0.4, -0.2) is 0 Å². The average Bonchev–Trinajstić information content (AvgIpc) is 2.59. The number of benzene rings is 3. The van der Waals surface area contributed by atoms with Gasteiger partial charge in [0.05, 0.1) is 0 Å². The summed E-state index contributed by atoms with van der Waals surface area (Å²) in [4.78, 5) is 0. The van der Waals surface area contributed by atoms with Crippen LogP contribution >= 0.6 is 0 Å². The van der Waals surface area contributed by atoms with Gasteiger partial charge in [-0.2, -0.15) is 0 Å². The van der Waals surface area contributed by atoms with Gasteiger partial charge < -0.3 is 0 Å². The molecular formula is C26H30. The minimum atomic E-state index is 1.01. The van der Waals surface area contributed by atoms with Crippen LogP contribution in [0.15, 0.2) is 48.5 Å². The molecule has 134 valence electrons. The topological polar surface area (TPSA) is 0 Å². The molecule has 0 bridgehead atoms. The Morgan fingerprint density at radius 1 is 0.462 bits per heavy atom. The molecule has 3 aromatic rings. The van der Waals surface area contributed by atoms with Crippen LogP contribution in [0.4, 0.5) is 0 Å². The summed E-state index contributed by atoms with van der Waals surface area (Å²) >= 11 is 0. The van der Waals surface area contributed by atoms with Gasteiger partial charge in [-0.05, 0) is 104 Å². The number of rotatable bonds is 4. The molecule has 0 fully saturated rings. The van der Waals surface area contributed by atoms with Crippen LogP contribution in [-0.2, 0) is 12.8 Å². The summed E-state index contributed by atoms with van der Waals surface area (Å²) in [5.41, 5.74) is 14.0. The van der Waals surface area contributed by atoms with Crippen molar-refractivity contribution in [3.8, 4) is 0 Å². The Morgan fingerprint density at radius 3 is 1.69 bits per heavy atom. The van der Waals surface area contributed by atoms with Crippen molar-refractivity contribution < 1.29 is 0 Å². The Hall–Kier alpha value is -2.34. The van der Waals surface area contributed by atoms with Crippen molar-refractivity contribution in [3.63, 3.8) is 0 Å². The number of hydrogen-bond donors (Lipinski definition) is 0. The zero-order chi connectivity index (χ0) is 18.8. The maximum Gasteiger partial charge on any atom is -0.00203 e. The van der Waals surface area contributed by atoms with Crippen LogP contribution in [0.1, 0.15) is 55.6 Å². The minimum Gasteiger partial charge on any atom is -0.0590 e. The Morgan fingerprint density at radius 2 is 1.04 bits per heavy atom. The highest BCUT2D eigenvalue weighted by atomic mass is 14.1. The van der Waals surface area contributed by atoms with E-state index in [1.54, 1.807) is 0 Å². The van der Waals surface area contributed by atoms with Gasteiger partial charge in [-0.1, -0.05) is 54.1 Å². The summed E-state index contributed by atoms with van der Waals surface area (Å²) < 4.78 is 0. The fraction of sp³-hybridized carbons (Fsp3) is 0.308. The molecular weight excluding hydrogens is 312 g/mol. The van der Waals surface area contributed by atoms with Crippen LogP contribution < -0.4 is 0 Å². The molecule has 0 heterocycles. The van der Waals surface area contributed by atoms with Crippen molar-refractivity contribution in [2.75, 3.05) is 0 Å². The van der Waals surface area contributed by atoms with Crippen LogP contribution in [0, 0.1) is 41.5 Å². The van der Waals surface area contributed by atoms with Crippen LogP contribution in [0.25, 0.3) is 0 Å². The lowest BCUT2D eigenvalue weighted by Crippen LogP contribution is -2.00. The summed E-state index contributed by atoms with van der Waals surface area (Å²) in [6.07, 6.45) is 2.03. The lowest BCUT2D eigenvalue weighted by atomic mass is 9.90. The molecule has 0 atom stereocenters. The summed E-state index contributed by atoms with van der Waals surface area (Å²) in [6, 6.07) is 18.4. The largest absolute Gasteiger partial charge is 0.0590 e. The molecule has 0 unspecified atom stereocenters. The third-order valence-corrected chi connectivity index (χ3v) is 5.65. The normalized spacial score (nSPS) is 11.0. The first kappa shape index (κ1) is 18.5. The fourth-order valence-corrected chi connectivity index (χ4v) is 3.65. The Labute approximate surface area is 158 Å². The smallest absolute Gasteiger partial charge is 0.00203 e. The summed E-state index contributed by atoms with van der Waals surface area (Å²) in [6.45, 7) is 13.3. The molecule has 0 N–H and O–H groups in total. The lowest BCUT2D eigenvalue weighted by molar-refractivity contribution is 1.08. The quantitative estimate of drug-likeness (QED) is 0.494. The van der Waals surface area contributed by atoms with Gasteiger partial charge in [0.2, 0.25) is 0 Å². The molecule has 0 aliphatic rings. The van der Waals surface area contributed by atoms with Gasteiger partial charge in [0.25, 0.3) is 0 Å². The molecule has 0 aliphatic heterocycles. The molecule has 0 spiro atoms. The van der Waals surface area contributed by atoms with E-state index in [4.69, 9.17) is 0 Å². The van der Waals surface area contributed by atoms with Crippen molar-refractivity contribution >= 4 is 0 Å². The van der Waals surface area contributed by atoms with E-state index in [0.717, 1.165) is 12.8 Å². The second-order valence-corrected chi connectivity index (χ2v) is 7.91. The molecule has 0 heteroatoms. The van der Waals surface area contributed by atoms with Gasteiger partial charge in [0.15, 0.2) is 0 Å². The van der Waals surface area contributed by atoms with Crippen molar-refractivity contribution in [1.29, 1.82) is 0 Å². The van der Waals surface area contributed by atoms with Gasteiger partial charge in [-0.25, -0.2) is 0 Å². The minimum absolute atomic E-state index is 1.01. The lowest BCUT2D eigenvalue weighted by Gasteiger charge is -2.15. The Bertz CT molecular complexity index is 944. The van der Waals surface area contributed by atoms with Gasteiger partial charge in [0.1, 0.15) is 0 Å². The molecule has 0 nitrogen and oxygen atoms in total. The predicted molar refractivity (Wildman–Crippen MR) is 113 cm³/mol. The molecule has 0 aromatic heterocycles. The van der Waals surface area contributed by atoms with Gasteiger partial charge in [0, 0.05) is 0 Å². The first-order valence-corrected chi connectivity index (χ1v) is 9.54. The summed E-state index contributed by atoms with van der Waals surface area (Å²) in [7, 11) is 0. The van der Waals surface area contributed by atoms with E-state index >= 15 is 0 Å². The van der Waals surface area contributed by atoms with E-state index in [-0.39, 0.29) is 0 Å². The van der Waals surface area contributed by atoms with E-state index in [2.05, 4.69) is 90.1 Å². The van der Waals surface area contributed by atoms with E-state index in [9.17, 15) is 0 Å². The number of hydrogen-bond acceptors (Lipinski definition) is 0. The highest BCUT2D eigenvalue weighted by molar-refractivity contribution is 5.44. The number of aryl methyl sites for hydroxylation is 6. The maximum absolute atomic E-state index is 2.40. The first-order chi connectivity index (χ1) is 12.3. The molecule has 0 saturated carbocycles. The monoisotopic (exact) mass is 342 g/mol. The predicted octanol–water partition coefficient (Wildman–Crippen LogP) is 6.72. The second kappa shape index (κ2) is 7.50. The Kier molecular flexibility index (Phi) is 5.32. The summed E-state index contributed by atoms with van der Waals surface area (Å²) in [5.74, 6) is 0. The van der Waals surface area contributed by atoms with Gasteiger partial charge in [-0.3, -0.25) is 0 Å².